The second-order valence-corrected chi connectivity index (χ2v) is 3.77. The summed E-state index contributed by atoms with van der Waals surface area (Å²) in [6, 6.07) is 5.64. The zero-order valence-corrected chi connectivity index (χ0v) is 8.82. The Hall–Kier alpha value is -1.10. The zero-order valence-electron chi connectivity index (χ0n) is 8.06. The molecule has 0 aromatic heterocycles. The first-order valence-corrected chi connectivity index (χ1v) is 4.88. The summed E-state index contributed by atoms with van der Waals surface area (Å²) in [5, 5.41) is 9.24. The maximum absolute atomic E-state index is 10.5. The molecule has 15 heavy (non-hydrogen) atoms. The fraction of sp³-hybridized carbons (Fsp3) is 0.300. The number of hydrogen-bond donors (Lipinski definition) is 3. The van der Waals surface area contributed by atoms with Gasteiger partial charge in [-0.2, -0.15) is 0 Å². The number of benzene rings is 1. The van der Waals surface area contributed by atoms with Crippen LogP contribution in [0.5, 0.6) is 0 Å². The number of carboxylic acids is 1. The first-order valence-electron chi connectivity index (χ1n) is 4.50. The molecule has 0 saturated heterocycles. The van der Waals surface area contributed by atoms with E-state index in [0.29, 0.717) is 5.02 Å². The van der Waals surface area contributed by atoms with Crippen molar-refractivity contribution < 1.29 is 9.90 Å². The van der Waals surface area contributed by atoms with Crippen LogP contribution in [0.3, 0.4) is 0 Å². The second kappa shape index (κ2) is 5.11. The molecule has 5 N–H and O–H groups in total. The summed E-state index contributed by atoms with van der Waals surface area (Å²) in [7, 11) is 0. The lowest BCUT2D eigenvalue weighted by molar-refractivity contribution is -0.138. The molecule has 0 aliphatic heterocycles. The Balaban J connectivity index is 2.64. The van der Waals surface area contributed by atoms with Crippen molar-refractivity contribution in [2.45, 2.75) is 18.5 Å². The van der Waals surface area contributed by atoms with Gasteiger partial charge in [-0.1, -0.05) is 23.7 Å². The van der Waals surface area contributed by atoms with Crippen LogP contribution in [0.4, 0.5) is 0 Å². The van der Waals surface area contributed by atoms with E-state index >= 15 is 0 Å². The van der Waals surface area contributed by atoms with Crippen LogP contribution < -0.4 is 11.5 Å². The van der Waals surface area contributed by atoms with Crippen LogP contribution in [0.2, 0.25) is 5.02 Å². The van der Waals surface area contributed by atoms with E-state index in [4.69, 9.17) is 28.2 Å². The van der Waals surface area contributed by atoms with E-state index in [2.05, 4.69) is 0 Å². The molecular formula is C10H13ClN2O2. The van der Waals surface area contributed by atoms with Crippen LogP contribution in [-0.4, -0.2) is 17.1 Å². The molecule has 0 spiro atoms. The topological polar surface area (TPSA) is 89.3 Å². The van der Waals surface area contributed by atoms with Gasteiger partial charge in [0.15, 0.2) is 0 Å². The van der Waals surface area contributed by atoms with Gasteiger partial charge in [0, 0.05) is 11.1 Å². The Morgan fingerprint density at radius 3 is 2.33 bits per heavy atom. The number of halogens is 1. The molecule has 1 rings (SSSR count). The lowest BCUT2D eigenvalue weighted by Crippen LogP contribution is -2.33. The van der Waals surface area contributed by atoms with Crippen molar-refractivity contribution in [3.8, 4) is 0 Å². The second-order valence-electron chi connectivity index (χ2n) is 3.34. The normalized spacial score (nSPS) is 14.6. The van der Waals surface area contributed by atoms with Crippen molar-refractivity contribution in [1.29, 1.82) is 0 Å². The molecule has 0 saturated carbocycles. The average Bonchev–Trinajstić information content (AvgIpc) is 2.18. The lowest BCUT2D eigenvalue weighted by Gasteiger charge is -2.14. The van der Waals surface area contributed by atoms with E-state index in [-0.39, 0.29) is 12.5 Å². The van der Waals surface area contributed by atoms with Crippen molar-refractivity contribution in [3.05, 3.63) is 34.9 Å². The first-order chi connectivity index (χ1) is 7.00. The van der Waals surface area contributed by atoms with Crippen LogP contribution in [0, 0.1) is 0 Å². The SMILES string of the molecule is NC(CC(N)c1ccc(Cl)cc1)C(=O)O. The van der Waals surface area contributed by atoms with Gasteiger partial charge in [-0.25, -0.2) is 0 Å². The molecule has 0 radical (unpaired) electrons. The fourth-order valence-corrected chi connectivity index (χ4v) is 1.35. The van der Waals surface area contributed by atoms with E-state index in [9.17, 15) is 4.79 Å². The van der Waals surface area contributed by atoms with Gasteiger partial charge in [-0.15, -0.1) is 0 Å². The molecule has 82 valence electrons. The maximum atomic E-state index is 10.5. The lowest BCUT2D eigenvalue weighted by atomic mass is 10.0. The zero-order chi connectivity index (χ0) is 11.4. The van der Waals surface area contributed by atoms with Gasteiger partial charge in [-0.05, 0) is 24.1 Å². The highest BCUT2D eigenvalue weighted by molar-refractivity contribution is 6.30. The summed E-state index contributed by atoms with van der Waals surface area (Å²) in [6.45, 7) is 0. The predicted molar refractivity (Wildman–Crippen MR) is 58.6 cm³/mol. The summed E-state index contributed by atoms with van der Waals surface area (Å²) >= 11 is 5.71. The van der Waals surface area contributed by atoms with Crippen LogP contribution in [0.1, 0.15) is 18.0 Å². The molecule has 2 atom stereocenters. The van der Waals surface area contributed by atoms with Gasteiger partial charge in [0.25, 0.3) is 0 Å². The highest BCUT2D eigenvalue weighted by Gasteiger charge is 2.16. The maximum Gasteiger partial charge on any atom is 0.320 e. The van der Waals surface area contributed by atoms with Gasteiger partial charge in [0.2, 0.25) is 0 Å². The molecule has 0 aliphatic rings. The highest BCUT2D eigenvalue weighted by Crippen LogP contribution is 2.17. The van der Waals surface area contributed by atoms with Crippen LogP contribution in [-0.2, 0) is 4.79 Å². The van der Waals surface area contributed by atoms with Crippen molar-refractivity contribution >= 4 is 17.6 Å². The monoisotopic (exact) mass is 228 g/mol. The number of carboxylic acid groups (broad SMARTS) is 1. The Labute approximate surface area is 92.8 Å². The number of hydrogen-bond acceptors (Lipinski definition) is 3. The average molecular weight is 229 g/mol. The van der Waals surface area contributed by atoms with Gasteiger partial charge in [-0.3, -0.25) is 4.79 Å². The molecule has 5 heteroatoms. The Kier molecular flexibility index (Phi) is 4.08. The molecule has 2 unspecified atom stereocenters. The number of nitrogens with two attached hydrogens (primary N) is 2. The number of carbonyl (C=O) groups is 1. The van der Waals surface area contributed by atoms with Gasteiger partial charge < -0.3 is 16.6 Å². The molecule has 1 aromatic carbocycles. The highest BCUT2D eigenvalue weighted by atomic mass is 35.5. The van der Waals surface area contributed by atoms with E-state index in [1.54, 1.807) is 24.3 Å². The first kappa shape index (κ1) is 12.0. The molecule has 0 heterocycles. The van der Waals surface area contributed by atoms with Crippen molar-refractivity contribution in [3.63, 3.8) is 0 Å². The summed E-state index contributed by atoms with van der Waals surface area (Å²) in [6.07, 6.45) is 0.205. The fourth-order valence-electron chi connectivity index (χ4n) is 1.22. The van der Waals surface area contributed by atoms with Gasteiger partial charge >= 0.3 is 5.97 Å². The van der Waals surface area contributed by atoms with Crippen molar-refractivity contribution in [2.24, 2.45) is 11.5 Å². The molecule has 0 amide bonds. The van der Waals surface area contributed by atoms with Crippen molar-refractivity contribution in [1.82, 2.24) is 0 Å². The van der Waals surface area contributed by atoms with E-state index in [0.717, 1.165) is 5.56 Å². The third kappa shape index (κ3) is 3.51. The van der Waals surface area contributed by atoms with E-state index in [1.807, 2.05) is 0 Å². The standard InChI is InChI=1S/C10H13ClN2O2/c11-7-3-1-6(2-4-7)8(12)5-9(13)10(14)15/h1-4,8-9H,5,12-13H2,(H,14,15). The van der Waals surface area contributed by atoms with Crippen LogP contribution in [0.25, 0.3) is 0 Å². The minimum atomic E-state index is -1.04. The van der Waals surface area contributed by atoms with Crippen LogP contribution in [0.15, 0.2) is 24.3 Å². The summed E-state index contributed by atoms with van der Waals surface area (Å²) < 4.78 is 0. The number of rotatable bonds is 4. The quantitative estimate of drug-likeness (QED) is 0.721. The minimum absolute atomic E-state index is 0.205. The van der Waals surface area contributed by atoms with Crippen molar-refractivity contribution in [2.75, 3.05) is 0 Å². The van der Waals surface area contributed by atoms with E-state index in [1.165, 1.54) is 0 Å². The summed E-state index contributed by atoms with van der Waals surface area (Å²) in [5.41, 5.74) is 12.0. The predicted octanol–water partition coefficient (Wildman–Crippen LogP) is 1.14. The Morgan fingerprint density at radius 1 is 1.33 bits per heavy atom. The van der Waals surface area contributed by atoms with E-state index < -0.39 is 12.0 Å². The molecular weight excluding hydrogens is 216 g/mol. The Morgan fingerprint density at radius 2 is 1.87 bits per heavy atom. The molecule has 0 fully saturated rings. The summed E-state index contributed by atoms with van der Waals surface area (Å²) in [4.78, 5) is 10.5. The third-order valence-corrected chi connectivity index (χ3v) is 2.38. The third-order valence-electron chi connectivity index (χ3n) is 2.12. The Bertz CT molecular complexity index is 340. The largest absolute Gasteiger partial charge is 0.480 e. The molecule has 1 aromatic rings. The molecule has 4 nitrogen and oxygen atoms in total. The van der Waals surface area contributed by atoms with Crippen LogP contribution >= 0.6 is 11.6 Å². The number of aliphatic carboxylic acids is 1. The summed E-state index contributed by atoms with van der Waals surface area (Å²) in [5.74, 6) is -1.04. The van der Waals surface area contributed by atoms with Gasteiger partial charge in [0.1, 0.15) is 6.04 Å². The minimum Gasteiger partial charge on any atom is -0.480 e. The van der Waals surface area contributed by atoms with Gasteiger partial charge in [0.05, 0.1) is 0 Å². The smallest absolute Gasteiger partial charge is 0.320 e. The molecule has 0 aliphatic carbocycles. The molecule has 0 bridgehead atoms.